The van der Waals surface area contributed by atoms with Gasteiger partial charge in [-0.3, -0.25) is 4.98 Å². The normalized spacial score (nSPS) is 12.0. The molecule has 110 valence electrons. The second-order valence-corrected chi connectivity index (χ2v) is 5.41. The molecule has 0 fully saturated rings. The van der Waals surface area contributed by atoms with E-state index in [2.05, 4.69) is 65.8 Å². The monoisotopic (exact) mass is 288 g/mol. The van der Waals surface area contributed by atoms with Crippen LogP contribution < -0.4 is 5.32 Å². The quantitative estimate of drug-likeness (QED) is 0.742. The number of aromatic nitrogens is 1. The van der Waals surface area contributed by atoms with Crippen LogP contribution in [-0.4, -0.2) is 4.98 Å². The lowest BCUT2D eigenvalue weighted by atomic mass is 10.0. The zero-order valence-electron chi connectivity index (χ0n) is 12.7. The first kappa shape index (κ1) is 14.5. The summed E-state index contributed by atoms with van der Waals surface area (Å²) in [5.74, 6) is 0. The Morgan fingerprint density at radius 3 is 2.18 bits per heavy atom. The van der Waals surface area contributed by atoms with Gasteiger partial charge in [-0.25, -0.2) is 0 Å². The molecule has 0 saturated heterocycles. The van der Waals surface area contributed by atoms with Gasteiger partial charge in [0, 0.05) is 18.8 Å². The Morgan fingerprint density at radius 1 is 0.818 bits per heavy atom. The maximum atomic E-state index is 4.34. The van der Waals surface area contributed by atoms with Crippen molar-refractivity contribution < 1.29 is 0 Å². The summed E-state index contributed by atoms with van der Waals surface area (Å²) in [7, 11) is 0. The van der Waals surface area contributed by atoms with E-state index in [4.69, 9.17) is 0 Å². The molecule has 0 bridgehead atoms. The van der Waals surface area contributed by atoms with Gasteiger partial charge in [0.15, 0.2) is 0 Å². The van der Waals surface area contributed by atoms with Gasteiger partial charge in [0.2, 0.25) is 0 Å². The number of hydrogen-bond donors (Lipinski definition) is 1. The van der Waals surface area contributed by atoms with Crippen LogP contribution in [0.4, 0.5) is 0 Å². The van der Waals surface area contributed by atoms with Crippen LogP contribution in [0.3, 0.4) is 0 Å². The first-order valence-corrected chi connectivity index (χ1v) is 7.61. The fourth-order valence-electron chi connectivity index (χ4n) is 2.47. The molecular formula is C20H20N2. The number of nitrogens with zero attached hydrogens (tertiary/aromatic N) is 1. The average molecular weight is 288 g/mol. The number of nitrogens with one attached hydrogen (secondary N) is 1. The Labute approximate surface area is 131 Å². The number of rotatable bonds is 5. The highest BCUT2D eigenvalue weighted by Crippen LogP contribution is 2.21. The average Bonchev–Trinajstić information content (AvgIpc) is 2.61. The Hall–Kier alpha value is -2.45. The van der Waals surface area contributed by atoms with E-state index in [0.717, 1.165) is 12.2 Å². The Balaban J connectivity index is 1.65. The summed E-state index contributed by atoms with van der Waals surface area (Å²) < 4.78 is 0. The smallest absolute Gasteiger partial charge is 0.0541 e. The minimum atomic E-state index is 0.298. The van der Waals surface area contributed by atoms with Crippen LogP contribution in [0.15, 0.2) is 79.0 Å². The molecule has 0 radical (unpaired) electrons. The van der Waals surface area contributed by atoms with Gasteiger partial charge >= 0.3 is 0 Å². The molecule has 1 atom stereocenters. The highest BCUT2D eigenvalue weighted by molar-refractivity contribution is 5.63. The van der Waals surface area contributed by atoms with Gasteiger partial charge in [-0.15, -0.1) is 0 Å². The summed E-state index contributed by atoms with van der Waals surface area (Å²) in [5, 5.41) is 3.51. The highest BCUT2D eigenvalue weighted by Gasteiger charge is 2.05. The molecule has 3 aromatic rings. The third-order valence-electron chi connectivity index (χ3n) is 3.83. The van der Waals surface area contributed by atoms with Crippen molar-refractivity contribution in [2.75, 3.05) is 0 Å². The second-order valence-electron chi connectivity index (χ2n) is 5.41. The Bertz CT molecular complexity index is 691. The topological polar surface area (TPSA) is 24.9 Å². The van der Waals surface area contributed by atoms with Crippen molar-refractivity contribution >= 4 is 0 Å². The first-order valence-electron chi connectivity index (χ1n) is 7.61. The van der Waals surface area contributed by atoms with E-state index in [0.29, 0.717) is 6.04 Å². The lowest BCUT2D eigenvalue weighted by molar-refractivity contribution is 0.568. The largest absolute Gasteiger partial charge is 0.305 e. The lowest BCUT2D eigenvalue weighted by Gasteiger charge is -2.14. The van der Waals surface area contributed by atoms with E-state index in [1.54, 1.807) is 0 Å². The Morgan fingerprint density at radius 2 is 1.50 bits per heavy atom. The molecule has 0 amide bonds. The summed E-state index contributed by atoms with van der Waals surface area (Å²) in [4.78, 5) is 4.34. The highest BCUT2D eigenvalue weighted by atomic mass is 14.9. The summed E-state index contributed by atoms with van der Waals surface area (Å²) >= 11 is 0. The molecule has 0 aliphatic carbocycles. The van der Waals surface area contributed by atoms with Gasteiger partial charge in [0.05, 0.1) is 5.69 Å². The van der Waals surface area contributed by atoms with Gasteiger partial charge in [0.25, 0.3) is 0 Å². The van der Waals surface area contributed by atoms with Crippen molar-refractivity contribution in [3.05, 3.63) is 90.3 Å². The minimum absolute atomic E-state index is 0.298. The van der Waals surface area contributed by atoms with Crippen LogP contribution in [0.5, 0.6) is 0 Å². The summed E-state index contributed by atoms with van der Waals surface area (Å²) in [6, 6.07) is 25.5. The van der Waals surface area contributed by atoms with Crippen LogP contribution in [0.2, 0.25) is 0 Å². The fraction of sp³-hybridized carbons (Fsp3) is 0.150. The van der Waals surface area contributed by atoms with Crippen molar-refractivity contribution in [1.29, 1.82) is 0 Å². The predicted molar refractivity (Wildman–Crippen MR) is 91.4 cm³/mol. The van der Waals surface area contributed by atoms with Gasteiger partial charge < -0.3 is 5.32 Å². The maximum absolute atomic E-state index is 4.34. The molecule has 0 aliphatic heterocycles. The predicted octanol–water partition coefficient (Wildman–Crippen LogP) is 4.60. The maximum Gasteiger partial charge on any atom is 0.0541 e. The fourth-order valence-corrected chi connectivity index (χ4v) is 2.47. The zero-order valence-corrected chi connectivity index (χ0v) is 12.7. The zero-order chi connectivity index (χ0) is 15.2. The molecule has 3 rings (SSSR count). The van der Waals surface area contributed by atoms with Gasteiger partial charge in [-0.1, -0.05) is 60.7 Å². The standard InChI is InChI=1S/C20H20N2/c1-16(22-15-20-9-5-6-14-21-20)17-10-12-19(13-11-17)18-7-3-2-4-8-18/h2-14,16,22H,15H2,1H3. The van der Waals surface area contributed by atoms with Gasteiger partial charge in [0.1, 0.15) is 0 Å². The van der Waals surface area contributed by atoms with Crippen LogP contribution >= 0.6 is 0 Å². The number of benzene rings is 2. The molecule has 2 nitrogen and oxygen atoms in total. The lowest BCUT2D eigenvalue weighted by Crippen LogP contribution is -2.18. The number of pyridine rings is 1. The molecule has 1 heterocycles. The molecule has 0 spiro atoms. The SMILES string of the molecule is CC(NCc1ccccn1)c1ccc(-c2ccccc2)cc1. The van der Waals surface area contributed by atoms with Crippen LogP contribution in [-0.2, 0) is 6.54 Å². The van der Waals surface area contributed by atoms with Gasteiger partial charge in [-0.2, -0.15) is 0 Å². The first-order chi connectivity index (χ1) is 10.8. The van der Waals surface area contributed by atoms with Crippen molar-refractivity contribution in [1.82, 2.24) is 10.3 Å². The van der Waals surface area contributed by atoms with Crippen LogP contribution in [0.25, 0.3) is 11.1 Å². The van der Waals surface area contributed by atoms with E-state index >= 15 is 0 Å². The summed E-state index contributed by atoms with van der Waals surface area (Å²) in [6.45, 7) is 2.96. The van der Waals surface area contributed by atoms with Crippen molar-refractivity contribution in [2.45, 2.75) is 19.5 Å². The van der Waals surface area contributed by atoms with Crippen LogP contribution in [0, 0.1) is 0 Å². The third-order valence-corrected chi connectivity index (χ3v) is 3.83. The molecule has 2 aromatic carbocycles. The third kappa shape index (κ3) is 3.60. The molecule has 1 aromatic heterocycles. The summed E-state index contributed by atoms with van der Waals surface area (Å²) in [6.07, 6.45) is 1.83. The van der Waals surface area contributed by atoms with E-state index < -0.39 is 0 Å². The van der Waals surface area contributed by atoms with E-state index in [9.17, 15) is 0 Å². The molecular weight excluding hydrogens is 268 g/mol. The van der Waals surface area contributed by atoms with Crippen molar-refractivity contribution in [3.8, 4) is 11.1 Å². The molecule has 0 saturated carbocycles. The molecule has 22 heavy (non-hydrogen) atoms. The van der Waals surface area contributed by atoms with Gasteiger partial charge in [-0.05, 0) is 35.7 Å². The second kappa shape index (κ2) is 7.01. The van der Waals surface area contributed by atoms with Crippen molar-refractivity contribution in [3.63, 3.8) is 0 Å². The Kier molecular flexibility index (Phi) is 4.62. The van der Waals surface area contributed by atoms with E-state index in [1.807, 2.05) is 30.5 Å². The van der Waals surface area contributed by atoms with E-state index in [1.165, 1.54) is 16.7 Å². The van der Waals surface area contributed by atoms with Crippen molar-refractivity contribution in [2.24, 2.45) is 0 Å². The molecule has 2 heteroatoms. The molecule has 1 N–H and O–H groups in total. The summed E-state index contributed by atoms with van der Waals surface area (Å²) in [5.41, 5.74) is 4.86. The molecule has 1 unspecified atom stereocenters. The van der Waals surface area contributed by atoms with E-state index in [-0.39, 0.29) is 0 Å². The molecule has 0 aliphatic rings. The number of hydrogen-bond acceptors (Lipinski definition) is 2. The minimum Gasteiger partial charge on any atom is -0.305 e. The van der Waals surface area contributed by atoms with Crippen LogP contribution in [0.1, 0.15) is 24.2 Å².